The van der Waals surface area contributed by atoms with E-state index in [1.54, 1.807) is 6.07 Å². The van der Waals surface area contributed by atoms with Crippen LogP contribution in [0.25, 0.3) is 0 Å². The fourth-order valence-electron chi connectivity index (χ4n) is 2.46. The molecule has 0 aromatic heterocycles. The molecule has 0 bridgehead atoms. The fourth-order valence-corrected chi connectivity index (χ4v) is 2.46. The molecule has 6 heteroatoms. The number of hydrogen-bond acceptors (Lipinski definition) is 3. The molecule has 1 aromatic rings. The molecule has 1 aliphatic carbocycles. The Bertz CT molecular complexity index is 400. The van der Waals surface area contributed by atoms with E-state index in [1.165, 1.54) is 44.2 Å². The number of nitrogens with one attached hydrogen (secondary N) is 1. The Morgan fingerprint density at radius 1 is 1.21 bits per heavy atom. The summed E-state index contributed by atoms with van der Waals surface area (Å²) in [6.45, 7) is 0.628. The van der Waals surface area contributed by atoms with Crippen LogP contribution in [0.2, 0.25) is 0 Å². The van der Waals surface area contributed by atoms with Crippen LogP contribution in [0.15, 0.2) is 18.2 Å². The summed E-state index contributed by atoms with van der Waals surface area (Å²) in [5, 5.41) is 21.3. The van der Waals surface area contributed by atoms with Crippen molar-refractivity contribution in [2.24, 2.45) is 0 Å². The van der Waals surface area contributed by atoms with Crippen LogP contribution in [0.3, 0.4) is 0 Å². The molecule has 0 radical (unpaired) electrons. The largest absolute Gasteiger partial charge is 0.491 e. The Hall–Kier alpha value is -0.615. The first-order chi connectivity index (χ1) is 8.66. The summed E-state index contributed by atoms with van der Waals surface area (Å²) >= 11 is 0. The minimum Gasteiger partial charge on any atom is -0.423 e. The fraction of sp³-hybridized carbons (Fsp3) is 0.538. The summed E-state index contributed by atoms with van der Waals surface area (Å²) in [7, 11) is -1.75. The maximum Gasteiger partial charge on any atom is 0.491 e. The van der Waals surface area contributed by atoms with Crippen LogP contribution in [0.4, 0.5) is 4.39 Å². The summed E-state index contributed by atoms with van der Waals surface area (Å²) in [5.41, 5.74) is 0.763. The third-order valence-electron chi connectivity index (χ3n) is 3.54. The van der Waals surface area contributed by atoms with Crippen LogP contribution in [0, 0.1) is 5.82 Å². The number of rotatable bonds is 4. The van der Waals surface area contributed by atoms with Crippen molar-refractivity contribution in [2.45, 2.75) is 44.7 Å². The maximum absolute atomic E-state index is 13.5. The van der Waals surface area contributed by atoms with Gasteiger partial charge in [0.25, 0.3) is 0 Å². The lowest BCUT2D eigenvalue weighted by molar-refractivity contribution is 0.372. The third kappa shape index (κ3) is 4.77. The Morgan fingerprint density at radius 2 is 1.89 bits per heavy atom. The lowest BCUT2D eigenvalue weighted by Gasteiger charge is -2.22. The molecular weight excluding hydrogens is 267 g/mol. The van der Waals surface area contributed by atoms with Gasteiger partial charge in [-0.15, -0.1) is 12.4 Å². The van der Waals surface area contributed by atoms with E-state index >= 15 is 0 Å². The van der Waals surface area contributed by atoms with Crippen molar-refractivity contribution < 1.29 is 14.4 Å². The molecule has 0 amide bonds. The molecule has 2 rings (SSSR count). The zero-order chi connectivity index (χ0) is 13.0. The SMILES string of the molecule is Cl.OB(O)c1ccc(CNC2CCCCC2)cc1F. The molecule has 0 saturated heterocycles. The highest BCUT2D eigenvalue weighted by Gasteiger charge is 2.17. The van der Waals surface area contributed by atoms with Gasteiger partial charge in [0.2, 0.25) is 0 Å². The lowest BCUT2D eigenvalue weighted by Crippen LogP contribution is -2.33. The first kappa shape index (κ1) is 16.4. The Labute approximate surface area is 119 Å². The zero-order valence-corrected chi connectivity index (χ0v) is 11.6. The predicted octanol–water partition coefficient (Wildman–Crippen LogP) is 1.35. The number of benzene rings is 1. The highest BCUT2D eigenvalue weighted by atomic mass is 35.5. The summed E-state index contributed by atoms with van der Waals surface area (Å²) < 4.78 is 13.5. The van der Waals surface area contributed by atoms with E-state index in [9.17, 15) is 4.39 Å². The first-order valence-corrected chi connectivity index (χ1v) is 6.54. The van der Waals surface area contributed by atoms with Crippen LogP contribution in [-0.4, -0.2) is 23.2 Å². The standard InChI is InChI=1S/C13H19BFNO2.ClH/c15-13-8-10(6-7-12(13)14(17)18)9-16-11-4-2-1-3-5-11;/h6-8,11,16-18H,1-5,9H2;1H. The van der Waals surface area contributed by atoms with Gasteiger partial charge in [0.15, 0.2) is 0 Å². The van der Waals surface area contributed by atoms with Crippen LogP contribution in [0.1, 0.15) is 37.7 Å². The highest BCUT2D eigenvalue weighted by molar-refractivity contribution is 6.58. The molecule has 19 heavy (non-hydrogen) atoms. The average molecular weight is 288 g/mol. The molecule has 0 heterocycles. The van der Waals surface area contributed by atoms with Crippen molar-refractivity contribution in [3.05, 3.63) is 29.6 Å². The molecule has 1 aliphatic rings. The van der Waals surface area contributed by atoms with E-state index in [-0.39, 0.29) is 17.9 Å². The molecule has 1 saturated carbocycles. The van der Waals surface area contributed by atoms with E-state index in [4.69, 9.17) is 10.0 Å². The van der Waals surface area contributed by atoms with Crippen LogP contribution >= 0.6 is 12.4 Å². The van der Waals surface area contributed by atoms with E-state index in [0.717, 1.165) is 5.56 Å². The van der Waals surface area contributed by atoms with Gasteiger partial charge in [0, 0.05) is 18.0 Å². The first-order valence-electron chi connectivity index (χ1n) is 6.54. The van der Waals surface area contributed by atoms with Gasteiger partial charge in [-0.1, -0.05) is 31.4 Å². The normalized spacial score (nSPS) is 15.9. The minimum atomic E-state index is -1.75. The van der Waals surface area contributed by atoms with Crippen molar-refractivity contribution in [3.63, 3.8) is 0 Å². The molecule has 0 atom stereocenters. The highest BCUT2D eigenvalue weighted by Crippen LogP contribution is 2.17. The van der Waals surface area contributed by atoms with Crippen LogP contribution < -0.4 is 10.8 Å². The molecule has 3 nitrogen and oxygen atoms in total. The van der Waals surface area contributed by atoms with Gasteiger partial charge in [0.05, 0.1) is 0 Å². The minimum absolute atomic E-state index is 0. The van der Waals surface area contributed by atoms with Crippen molar-refractivity contribution in [2.75, 3.05) is 0 Å². The Balaban J connectivity index is 0.00000180. The second-order valence-corrected chi connectivity index (χ2v) is 4.95. The molecule has 106 valence electrons. The molecule has 1 fully saturated rings. The maximum atomic E-state index is 13.5. The van der Waals surface area contributed by atoms with E-state index in [1.807, 2.05) is 0 Å². The number of halogens is 2. The molecule has 0 aliphatic heterocycles. The van der Waals surface area contributed by atoms with Crippen molar-refractivity contribution >= 4 is 25.0 Å². The van der Waals surface area contributed by atoms with Crippen molar-refractivity contribution in [3.8, 4) is 0 Å². The zero-order valence-electron chi connectivity index (χ0n) is 10.8. The monoisotopic (exact) mass is 287 g/mol. The molecule has 3 N–H and O–H groups in total. The van der Waals surface area contributed by atoms with Crippen molar-refractivity contribution in [1.82, 2.24) is 5.32 Å². The smallest absolute Gasteiger partial charge is 0.423 e. The van der Waals surface area contributed by atoms with Crippen LogP contribution in [-0.2, 0) is 6.54 Å². The second kappa shape index (κ2) is 7.85. The summed E-state index contributed by atoms with van der Waals surface area (Å²) in [6, 6.07) is 5.06. The molecule has 1 aromatic carbocycles. The summed E-state index contributed by atoms with van der Waals surface area (Å²) in [5.74, 6) is -0.562. The van der Waals surface area contributed by atoms with Gasteiger partial charge in [-0.2, -0.15) is 0 Å². The van der Waals surface area contributed by atoms with Gasteiger partial charge in [0.1, 0.15) is 5.82 Å². The topological polar surface area (TPSA) is 52.5 Å². The van der Waals surface area contributed by atoms with Gasteiger partial charge >= 0.3 is 7.12 Å². The molecule has 0 unspecified atom stereocenters. The number of hydrogen-bond donors (Lipinski definition) is 3. The molecular formula is C13H20BClFNO2. The van der Waals surface area contributed by atoms with E-state index < -0.39 is 12.9 Å². The van der Waals surface area contributed by atoms with Crippen molar-refractivity contribution in [1.29, 1.82) is 0 Å². The Morgan fingerprint density at radius 3 is 2.47 bits per heavy atom. The predicted molar refractivity (Wildman–Crippen MR) is 77.2 cm³/mol. The van der Waals surface area contributed by atoms with E-state index in [0.29, 0.717) is 12.6 Å². The van der Waals surface area contributed by atoms with Gasteiger partial charge in [-0.3, -0.25) is 0 Å². The third-order valence-corrected chi connectivity index (χ3v) is 3.54. The quantitative estimate of drug-likeness (QED) is 0.733. The lowest BCUT2D eigenvalue weighted by atomic mass is 9.79. The molecule has 0 spiro atoms. The summed E-state index contributed by atoms with van der Waals surface area (Å²) in [6.07, 6.45) is 6.23. The summed E-state index contributed by atoms with van der Waals surface area (Å²) in [4.78, 5) is 0. The average Bonchev–Trinajstić information content (AvgIpc) is 2.37. The van der Waals surface area contributed by atoms with Gasteiger partial charge in [-0.05, 0) is 24.5 Å². The Kier molecular flexibility index (Phi) is 6.79. The van der Waals surface area contributed by atoms with Gasteiger partial charge < -0.3 is 15.4 Å². The van der Waals surface area contributed by atoms with E-state index in [2.05, 4.69) is 5.32 Å². The van der Waals surface area contributed by atoms with Gasteiger partial charge in [-0.25, -0.2) is 4.39 Å². The second-order valence-electron chi connectivity index (χ2n) is 4.95. The van der Waals surface area contributed by atoms with Crippen LogP contribution in [0.5, 0.6) is 0 Å².